The molecule has 1 heterocycles. The predicted molar refractivity (Wildman–Crippen MR) is 50.6 cm³/mol. The van der Waals surface area contributed by atoms with Gasteiger partial charge in [0.2, 0.25) is 0 Å². The quantitative estimate of drug-likeness (QED) is 0.774. The van der Waals surface area contributed by atoms with Crippen LogP contribution in [-0.4, -0.2) is 11.4 Å². The van der Waals surface area contributed by atoms with E-state index < -0.39 is 5.54 Å². The van der Waals surface area contributed by atoms with Crippen LogP contribution in [0.3, 0.4) is 0 Å². The van der Waals surface area contributed by atoms with Crippen LogP contribution < -0.4 is 5.32 Å². The summed E-state index contributed by atoms with van der Waals surface area (Å²) in [5, 5.41) is 11.3. The van der Waals surface area contributed by atoms with Gasteiger partial charge in [0.25, 0.3) is 5.91 Å². The van der Waals surface area contributed by atoms with Gasteiger partial charge in [-0.1, -0.05) is 0 Å². The van der Waals surface area contributed by atoms with Gasteiger partial charge in [-0.25, -0.2) is 0 Å². The zero-order valence-corrected chi connectivity index (χ0v) is 8.42. The molecule has 0 fully saturated rings. The van der Waals surface area contributed by atoms with Crippen molar-refractivity contribution in [1.82, 2.24) is 5.32 Å². The number of carbonyl (C=O) groups is 1. The third kappa shape index (κ3) is 2.13. The maximum atomic E-state index is 11.5. The molecule has 4 heteroatoms. The summed E-state index contributed by atoms with van der Waals surface area (Å²) in [6.45, 7) is 5.03. The van der Waals surface area contributed by atoms with Gasteiger partial charge >= 0.3 is 0 Å². The molecule has 0 atom stereocenters. The Bertz CT molecular complexity index is 385. The fourth-order valence-corrected chi connectivity index (χ4v) is 0.974. The second-order valence-corrected chi connectivity index (χ2v) is 3.62. The summed E-state index contributed by atoms with van der Waals surface area (Å²) in [6, 6.07) is 3.68. The van der Waals surface area contributed by atoms with E-state index in [0.717, 1.165) is 5.56 Å². The number of amides is 1. The first kappa shape index (κ1) is 10.3. The van der Waals surface area contributed by atoms with Gasteiger partial charge in [-0.3, -0.25) is 4.79 Å². The average molecular weight is 192 g/mol. The second kappa shape index (κ2) is 3.54. The molecule has 0 saturated carbocycles. The number of furan rings is 1. The maximum absolute atomic E-state index is 11.5. The van der Waals surface area contributed by atoms with Crippen LogP contribution in [0.25, 0.3) is 0 Å². The van der Waals surface area contributed by atoms with E-state index in [-0.39, 0.29) is 11.7 Å². The summed E-state index contributed by atoms with van der Waals surface area (Å²) >= 11 is 0. The second-order valence-electron chi connectivity index (χ2n) is 3.62. The zero-order chi connectivity index (χ0) is 10.8. The number of nitriles is 1. The molecule has 0 radical (unpaired) electrons. The Kier molecular flexibility index (Phi) is 2.61. The highest BCUT2D eigenvalue weighted by atomic mass is 16.3. The van der Waals surface area contributed by atoms with Gasteiger partial charge < -0.3 is 9.73 Å². The minimum absolute atomic E-state index is 0.258. The molecule has 0 saturated heterocycles. The average Bonchev–Trinajstić information content (AvgIpc) is 2.51. The zero-order valence-electron chi connectivity index (χ0n) is 8.42. The molecule has 0 aliphatic heterocycles. The molecule has 1 rings (SSSR count). The summed E-state index contributed by atoms with van der Waals surface area (Å²) in [6.07, 6.45) is 1.45. The van der Waals surface area contributed by atoms with Crippen LogP contribution in [-0.2, 0) is 0 Å². The summed E-state index contributed by atoms with van der Waals surface area (Å²) < 4.78 is 4.99. The molecule has 4 nitrogen and oxygen atoms in total. The Morgan fingerprint density at radius 2 is 2.29 bits per heavy atom. The van der Waals surface area contributed by atoms with Crippen molar-refractivity contribution in [2.75, 3.05) is 0 Å². The van der Waals surface area contributed by atoms with Gasteiger partial charge in [0.05, 0.1) is 12.3 Å². The van der Waals surface area contributed by atoms with Crippen LogP contribution >= 0.6 is 0 Å². The highest BCUT2D eigenvalue weighted by molar-refractivity contribution is 5.93. The first-order chi connectivity index (χ1) is 6.46. The molecule has 0 aliphatic carbocycles. The topological polar surface area (TPSA) is 66.0 Å². The summed E-state index contributed by atoms with van der Waals surface area (Å²) in [4.78, 5) is 11.5. The van der Waals surface area contributed by atoms with Crippen LogP contribution in [0.5, 0.6) is 0 Å². The lowest BCUT2D eigenvalue weighted by Gasteiger charge is -2.16. The number of aryl methyl sites for hydroxylation is 1. The lowest BCUT2D eigenvalue weighted by molar-refractivity contribution is 0.0900. The summed E-state index contributed by atoms with van der Waals surface area (Å²) in [5.74, 6) is -0.104. The molecule has 1 aromatic rings. The van der Waals surface area contributed by atoms with E-state index in [2.05, 4.69) is 5.32 Å². The SMILES string of the molecule is Cc1ccoc1C(=O)NC(C)(C)C#N. The smallest absolute Gasteiger partial charge is 0.288 e. The fraction of sp³-hybridized carbons (Fsp3) is 0.400. The first-order valence-corrected chi connectivity index (χ1v) is 4.24. The molecule has 0 unspecified atom stereocenters. The molecular formula is C10H12N2O2. The standard InChI is InChI=1S/C10H12N2O2/c1-7-4-5-14-8(7)9(13)12-10(2,3)6-11/h4-5H,1-3H3,(H,12,13). The predicted octanol–water partition coefficient (Wildman–Crippen LogP) is 1.62. The van der Waals surface area contributed by atoms with Crippen molar-refractivity contribution in [3.8, 4) is 6.07 Å². The first-order valence-electron chi connectivity index (χ1n) is 4.24. The molecular weight excluding hydrogens is 180 g/mol. The molecule has 0 spiro atoms. The van der Waals surface area contributed by atoms with E-state index in [1.165, 1.54) is 6.26 Å². The van der Waals surface area contributed by atoms with E-state index >= 15 is 0 Å². The van der Waals surface area contributed by atoms with Crippen molar-refractivity contribution in [3.05, 3.63) is 23.7 Å². The number of carbonyl (C=O) groups excluding carboxylic acids is 1. The van der Waals surface area contributed by atoms with Crippen molar-refractivity contribution in [3.63, 3.8) is 0 Å². The van der Waals surface area contributed by atoms with Crippen molar-refractivity contribution in [2.24, 2.45) is 0 Å². The highest BCUT2D eigenvalue weighted by Crippen LogP contribution is 2.10. The minimum Gasteiger partial charge on any atom is -0.459 e. The lowest BCUT2D eigenvalue weighted by Crippen LogP contribution is -2.42. The van der Waals surface area contributed by atoms with Gasteiger partial charge in [-0.15, -0.1) is 0 Å². The van der Waals surface area contributed by atoms with Crippen LogP contribution in [0, 0.1) is 18.3 Å². The Morgan fingerprint density at radius 3 is 2.71 bits per heavy atom. The lowest BCUT2D eigenvalue weighted by atomic mass is 10.1. The maximum Gasteiger partial charge on any atom is 0.288 e. The third-order valence-corrected chi connectivity index (χ3v) is 1.77. The Morgan fingerprint density at radius 1 is 1.64 bits per heavy atom. The van der Waals surface area contributed by atoms with Crippen LogP contribution in [0.1, 0.15) is 30.0 Å². The molecule has 1 amide bonds. The van der Waals surface area contributed by atoms with Gasteiger partial charge in [-0.2, -0.15) is 5.26 Å². The Labute approximate surface area is 82.5 Å². The molecule has 14 heavy (non-hydrogen) atoms. The number of hydrogen-bond donors (Lipinski definition) is 1. The van der Waals surface area contributed by atoms with Crippen molar-refractivity contribution < 1.29 is 9.21 Å². The molecule has 74 valence electrons. The van der Waals surface area contributed by atoms with E-state index in [1.54, 1.807) is 26.8 Å². The fourth-order valence-electron chi connectivity index (χ4n) is 0.974. The van der Waals surface area contributed by atoms with Crippen molar-refractivity contribution in [2.45, 2.75) is 26.3 Å². The van der Waals surface area contributed by atoms with Gasteiger partial charge in [-0.05, 0) is 26.8 Å². The third-order valence-electron chi connectivity index (χ3n) is 1.77. The number of nitrogens with one attached hydrogen (secondary N) is 1. The van der Waals surface area contributed by atoms with Crippen LogP contribution in [0.2, 0.25) is 0 Å². The van der Waals surface area contributed by atoms with Crippen molar-refractivity contribution in [1.29, 1.82) is 5.26 Å². The monoisotopic (exact) mass is 192 g/mol. The molecule has 1 aromatic heterocycles. The summed E-state index contributed by atoms with van der Waals surface area (Å²) in [7, 11) is 0. The molecule has 0 aromatic carbocycles. The highest BCUT2D eigenvalue weighted by Gasteiger charge is 2.22. The largest absolute Gasteiger partial charge is 0.459 e. The van der Waals surface area contributed by atoms with E-state index in [9.17, 15) is 4.79 Å². The normalized spacial score (nSPS) is 10.7. The van der Waals surface area contributed by atoms with Gasteiger partial charge in [0.1, 0.15) is 5.54 Å². The van der Waals surface area contributed by atoms with E-state index in [1.807, 2.05) is 6.07 Å². The molecule has 0 aliphatic rings. The Balaban J connectivity index is 2.80. The number of hydrogen-bond acceptors (Lipinski definition) is 3. The van der Waals surface area contributed by atoms with Crippen LogP contribution in [0.4, 0.5) is 0 Å². The van der Waals surface area contributed by atoms with Crippen LogP contribution in [0.15, 0.2) is 16.7 Å². The minimum atomic E-state index is -0.879. The molecule has 1 N–H and O–H groups in total. The van der Waals surface area contributed by atoms with Crippen molar-refractivity contribution >= 4 is 5.91 Å². The molecule has 0 bridgehead atoms. The van der Waals surface area contributed by atoms with E-state index in [4.69, 9.17) is 9.68 Å². The Hall–Kier alpha value is -1.76. The number of nitrogens with zero attached hydrogens (tertiary/aromatic N) is 1. The van der Waals surface area contributed by atoms with Gasteiger partial charge in [0, 0.05) is 5.56 Å². The summed E-state index contributed by atoms with van der Waals surface area (Å²) in [5.41, 5.74) is -0.118. The number of rotatable bonds is 2. The van der Waals surface area contributed by atoms with Gasteiger partial charge in [0.15, 0.2) is 5.76 Å². The van der Waals surface area contributed by atoms with E-state index in [0.29, 0.717) is 0 Å².